The molecule has 0 heterocycles. The molecule has 1 aromatic carbocycles. The van der Waals surface area contributed by atoms with Crippen LogP contribution in [0.1, 0.15) is 31.9 Å². The summed E-state index contributed by atoms with van der Waals surface area (Å²) in [6, 6.07) is 5.23. The molecule has 1 rings (SSSR count). The molecule has 3 N–H and O–H groups in total. The zero-order valence-electron chi connectivity index (χ0n) is 14.3. The largest absolute Gasteiger partial charge is 0.496 e. The maximum Gasteiger partial charge on any atom is 0.320 e. The minimum atomic E-state index is -0.502. The van der Waals surface area contributed by atoms with E-state index in [0.29, 0.717) is 17.9 Å². The van der Waals surface area contributed by atoms with Crippen molar-refractivity contribution in [1.82, 2.24) is 4.90 Å². The number of benzene rings is 1. The Balaban J connectivity index is 2.78. The van der Waals surface area contributed by atoms with Gasteiger partial charge in [0.2, 0.25) is 0 Å². The molecule has 0 aliphatic rings. The van der Waals surface area contributed by atoms with E-state index in [4.69, 9.17) is 20.4 Å². The zero-order chi connectivity index (χ0) is 17.6. The first-order valence-electron chi connectivity index (χ1n) is 7.21. The fourth-order valence-corrected chi connectivity index (χ4v) is 2.03. The number of hydrogen-bond acceptors (Lipinski definition) is 6. The lowest BCUT2D eigenvalue weighted by molar-refractivity contribution is -0.155. The van der Waals surface area contributed by atoms with Crippen molar-refractivity contribution in [2.24, 2.45) is 10.9 Å². The van der Waals surface area contributed by atoms with Crippen LogP contribution in [0, 0.1) is 0 Å². The molecule has 0 saturated heterocycles. The quantitative estimate of drug-likeness (QED) is 0.271. The van der Waals surface area contributed by atoms with Crippen molar-refractivity contribution in [1.29, 1.82) is 0 Å². The van der Waals surface area contributed by atoms with E-state index in [-0.39, 0.29) is 18.3 Å². The summed E-state index contributed by atoms with van der Waals surface area (Å²) in [5.74, 6) is 0.328. The number of nitrogens with zero attached hydrogens (tertiary/aromatic N) is 2. The predicted molar refractivity (Wildman–Crippen MR) is 87.7 cm³/mol. The third kappa shape index (κ3) is 6.15. The third-order valence-corrected chi connectivity index (χ3v) is 2.95. The first-order valence-corrected chi connectivity index (χ1v) is 7.21. The molecule has 7 nitrogen and oxygen atoms in total. The Morgan fingerprint density at radius 1 is 1.39 bits per heavy atom. The van der Waals surface area contributed by atoms with Gasteiger partial charge in [0.15, 0.2) is 5.84 Å². The van der Waals surface area contributed by atoms with Gasteiger partial charge in [0.1, 0.15) is 11.4 Å². The van der Waals surface area contributed by atoms with Crippen molar-refractivity contribution in [3.8, 4) is 5.75 Å². The molecule has 0 aromatic heterocycles. The van der Waals surface area contributed by atoms with E-state index in [1.54, 1.807) is 19.2 Å². The maximum absolute atomic E-state index is 11.8. The molecule has 0 aliphatic carbocycles. The van der Waals surface area contributed by atoms with E-state index in [2.05, 4.69) is 5.16 Å². The monoisotopic (exact) mass is 323 g/mol. The third-order valence-electron chi connectivity index (χ3n) is 2.95. The Morgan fingerprint density at radius 3 is 2.57 bits per heavy atom. The number of carbonyl (C=O) groups excluding carboxylic acids is 1. The molecule has 0 aliphatic heterocycles. The van der Waals surface area contributed by atoms with Gasteiger partial charge in [-0.1, -0.05) is 17.3 Å². The van der Waals surface area contributed by atoms with Crippen LogP contribution in [-0.4, -0.2) is 48.2 Å². The van der Waals surface area contributed by atoms with Crippen molar-refractivity contribution < 1.29 is 19.5 Å². The van der Waals surface area contributed by atoms with Crippen LogP contribution in [-0.2, 0) is 16.1 Å². The normalized spacial score (nSPS) is 12.3. The number of esters is 1. The highest BCUT2D eigenvalue weighted by molar-refractivity contribution is 5.97. The van der Waals surface area contributed by atoms with Crippen molar-refractivity contribution in [3.05, 3.63) is 29.3 Å². The molecule has 7 heteroatoms. The number of hydrogen-bond donors (Lipinski definition) is 2. The van der Waals surface area contributed by atoms with E-state index in [0.717, 1.165) is 5.56 Å². The molecule has 128 valence electrons. The number of methoxy groups -OCH3 is 1. The van der Waals surface area contributed by atoms with Gasteiger partial charge in [0, 0.05) is 17.7 Å². The van der Waals surface area contributed by atoms with Crippen LogP contribution < -0.4 is 10.5 Å². The second-order valence-electron chi connectivity index (χ2n) is 6.27. The SMILES string of the molecule is COc1cc(/C(N)=N/O)ccc1CN(C)CC(=O)OC(C)(C)C. The molecular weight excluding hydrogens is 298 g/mol. The van der Waals surface area contributed by atoms with Crippen molar-refractivity contribution in [2.45, 2.75) is 32.9 Å². The highest BCUT2D eigenvalue weighted by atomic mass is 16.6. The molecule has 0 radical (unpaired) electrons. The van der Waals surface area contributed by atoms with E-state index < -0.39 is 5.60 Å². The highest BCUT2D eigenvalue weighted by Gasteiger charge is 2.18. The van der Waals surface area contributed by atoms with Crippen molar-refractivity contribution in [3.63, 3.8) is 0 Å². The van der Waals surface area contributed by atoms with Crippen LogP contribution in [0.3, 0.4) is 0 Å². The molecule has 0 atom stereocenters. The number of amidine groups is 1. The topological polar surface area (TPSA) is 97.4 Å². The van der Waals surface area contributed by atoms with E-state index >= 15 is 0 Å². The van der Waals surface area contributed by atoms with Crippen LogP contribution in [0.25, 0.3) is 0 Å². The second kappa shape index (κ2) is 7.82. The Morgan fingerprint density at radius 2 is 2.04 bits per heavy atom. The lowest BCUT2D eigenvalue weighted by Crippen LogP contribution is -2.32. The highest BCUT2D eigenvalue weighted by Crippen LogP contribution is 2.21. The molecule has 0 saturated carbocycles. The molecule has 0 fully saturated rings. The summed E-state index contributed by atoms with van der Waals surface area (Å²) in [5.41, 5.74) is 6.51. The van der Waals surface area contributed by atoms with Gasteiger partial charge in [-0.25, -0.2) is 0 Å². The predicted octanol–water partition coefficient (Wildman–Crippen LogP) is 1.56. The fourth-order valence-electron chi connectivity index (χ4n) is 2.03. The van der Waals surface area contributed by atoms with Gasteiger partial charge < -0.3 is 20.4 Å². The van der Waals surface area contributed by atoms with Gasteiger partial charge in [0.25, 0.3) is 0 Å². The lowest BCUT2D eigenvalue weighted by atomic mass is 10.1. The Bertz CT molecular complexity index is 579. The van der Waals surface area contributed by atoms with Crippen LogP contribution in [0.4, 0.5) is 0 Å². The van der Waals surface area contributed by atoms with Crippen LogP contribution in [0.2, 0.25) is 0 Å². The Labute approximate surface area is 136 Å². The Hall–Kier alpha value is -2.28. The molecule has 0 unspecified atom stereocenters. The molecule has 1 aromatic rings. The first kappa shape index (κ1) is 18.8. The summed E-state index contributed by atoms with van der Waals surface area (Å²) in [6.07, 6.45) is 0. The molecule has 0 bridgehead atoms. The average Bonchev–Trinajstić information content (AvgIpc) is 2.44. The smallest absolute Gasteiger partial charge is 0.320 e. The van der Waals surface area contributed by atoms with E-state index in [1.165, 1.54) is 0 Å². The summed E-state index contributed by atoms with van der Waals surface area (Å²) in [4.78, 5) is 13.7. The van der Waals surface area contributed by atoms with Crippen molar-refractivity contribution >= 4 is 11.8 Å². The second-order valence-corrected chi connectivity index (χ2v) is 6.27. The van der Waals surface area contributed by atoms with Crippen LogP contribution in [0.5, 0.6) is 5.75 Å². The standard InChI is InChI=1S/C16H25N3O4/c1-16(2,3)23-14(20)10-19(4)9-12-7-6-11(15(17)18-21)8-13(12)22-5/h6-8,21H,9-10H2,1-5H3,(H2,17,18). The molecule has 0 spiro atoms. The molecule has 0 amide bonds. The number of ether oxygens (including phenoxy) is 2. The summed E-state index contributed by atoms with van der Waals surface area (Å²) in [7, 11) is 3.36. The van der Waals surface area contributed by atoms with Crippen molar-refractivity contribution in [2.75, 3.05) is 20.7 Å². The zero-order valence-corrected chi connectivity index (χ0v) is 14.3. The van der Waals surface area contributed by atoms with Gasteiger partial charge in [-0.2, -0.15) is 0 Å². The first-order chi connectivity index (χ1) is 10.7. The van der Waals surface area contributed by atoms with Gasteiger partial charge in [-0.05, 0) is 33.9 Å². The fraction of sp³-hybridized carbons (Fsp3) is 0.500. The van der Waals surface area contributed by atoms with Crippen LogP contribution >= 0.6 is 0 Å². The average molecular weight is 323 g/mol. The number of likely N-dealkylation sites (N-methyl/N-ethyl adjacent to an activating group) is 1. The summed E-state index contributed by atoms with van der Waals surface area (Å²) >= 11 is 0. The molecular formula is C16H25N3O4. The van der Waals surface area contributed by atoms with Gasteiger partial charge in [0.05, 0.1) is 13.7 Å². The minimum absolute atomic E-state index is 0.0111. The number of nitrogens with two attached hydrogens (primary N) is 1. The summed E-state index contributed by atoms with van der Waals surface area (Å²) in [6.45, 7) is 6.17. The van der Waals surface area contributed by atoms with Crippen LogP contribution in [0.15, 0.2) is 23.4 Å². The minimum Gasteiger partial charge on any atom is -0.496 e. The number of rotatable bonds is 6. The van der Waals surface area contributed by atoms with Gasteiger partial charge >= 0.3 is 5.97 Å². The number of carbonyl (C=O) groups is 1. The maximum atomic E-state index is 11.8. The van der Waals surface area contributed by atoms with E-state index in [1.807, 2.05) is 38.8 Å². The summed E-state index contributed by atoms with van der Waals surface area (Å²) in [5, 5.41) is 11.7. The lowest BCUT2D eigenvalue weighted by Gasteiger charge is -2.23. The van der Waals surface area contributed by atoms with Gasteiger partial charge in [-0.3, -0.25) is 9.69 Å². The van der Waals surface area contributed by atoms with E-state index in [9.17, 15) is 4.79 Å². The number of oxime groups is 1. The summed E-state index contributed by atoms with van der Waals surface area (Å²) < 4.78 is 10.6. The van der Waals surface area contributed by atoms with Gasteiger partial charge in [-0.15, -0.1) is 0 Å². The Kier molecular flexibility index (Phi) is 6.38. The molecule has 23 heavy (non-hydrogen) atoms.